The minimum atomic E-state index is -4.21. The highest BCUT2D eigenvalue weighted by molar-refractivity contribution is 9.10. The first-order chi connectivity index (χ1) is 20.0. The Morgan fingerprint density at radius 1 is 0.976 bits per heavy atom. The maximum absolute atomic E-state index is 14.1. The molecule has 0 spiro atoms. The Labute approximate surface area is 257 Å². The Balaban J connectivity index is 2.06. The molecule has 0 bridgehead atoms. The second-order valence-corrected chi connectivity index (χ2v) is 12.6. The van der Waals surface area contributed by atoms with Gasteiger partial charge in [-0.2, -0.15) is 0 Å². The van der Waals surface area contributed by atoms with Gasteiger partial charge >= 0.3 is 0 Å². The predicted octanol–water partition coefficient (Wildman–Crippen LogP) is 5.30. The summed E-state index contributed by atoms with van der Waals surface area (Å²) in [5, 5.41) is 2.89. The number of carbonyl (C=O) groups excluding carboxylic acids is 2. The molecule has 0 saturated heterocycles. The topological polar surface area (TPSA) is 105 Å². The summed E-state index contributed by atoms with van der Waals surface area (Å²) >= 11 is 3.46. The van der Waals surface area contributed by atoms with E-state index < -0.39 is 28.5 Å². The van der Waals surface area contributed by atoms with Crippen LogP contribution in [-0.4, -0.2) is 58.5 Å². The molecule has 0 aromatic heterocycles. The molecule has 1 atom stereocenters. The van der Waals surface area contributed by atoms with Gasteiger partial charge in [0.05, 0.1) is 24.8 Å². The first-order valence-electron chi connectivity index (χ1n) is 13.6. The van der Waals surface area contributed by atoms with Gasteiger partial charge in [0.15, 0.2) is 11.5 Å². The second-order valence-electron chi connectivity index (χ2n) is 9.84. The van der Waals surface area contributed by atoms with Gasteiger partial charge in [-0.25, -0.2) is 8.42 Å². The van der Waals surface area contributed by atoms with Gasteiger partial charge in [0, 0.05) is 23.6 Å². The Morgan fingerprint density at radius 2 is 1.67 bits per heavy atom. The highest BCUT2D eigenvalue weighted by Gasteiger charge is 2.33. The fourth-order valence-corrected chi connectivity index (χ4v) is 6.15. The van der Waals surface area contributed by atoms with E-state index in [0.717, 1.165) is 32.7 Å². The van der Waals surface area contributed by atoms with Crippen LogP contribution in [0.2, 0.25) is 0 Å². The molecule has 0 aliphatic rings. The van der Waals surface area contributed by atoms with E-state index in [2.05, 4.69) is 21.2 Å². The molecule has 11 heteroatoms. The molecule has 0 heterocycles. The van der Waals surface area contributed by atoms with Crippen LogP contribution in [-0.2, 0) is 26.2 Å². The average Bonchev–Trinajstić information content (AvgIpc) is 2.98. The number of rotatable bonds is 14. The summed E-state index contributed by atoms with van der Waals surface area (Å²) in [4.78, 5) is 28.6. The smallest absolute Gasteiger partial charge is 0.264 e. The number of hydrogen-bond donors (Lipinski definition) is 1. The Bertz CT molecular complexity index is 1480. The molecule has 226 valence electrons. The number of nitrogens with zero attached hydrogens (tertiary/aromatic N) is 2. The van der Waals surface area contributed by atoms with Crippen molar-refractivity contribution in [1.82, 2.24) is 10.2 Å². The van der Waals surface area contributed by atoms with Crippen molar-refractivity contribution in [2.24, 2.45) is 0 Å². The van der Waals surface area contributed by atoms with Crippen molar-refractivity contribution in [3.8, 4) is 11.5 Å². The summed E-state index contributed by atoms with van der Waals surface area (Å²) in [6.07, 6.45) is 1.71. The van der Waals surface area contributed by atoms with E-state index in [0.29, 0.717) is 18.0 Å². The monoisotopic (exact) mass is 659 g/mol. The van der Waals surface area contributed by atoms with Crippen molar-refractivity contribution in [3.05, 3.63) is 82.3 Å². The number of unbranched alkanes of at least 4 members (excludes halogenated alkanes) is 1. The van der Waals surface area contributed by atoms with Crippen molar-refractivity contribution in [3.63, 3.8) is 0 Å². The highest BCUT2D eigenvalue weighted by atomic mass is 79.9. The molecule has 0 unspecified atom stereocenters. The number of amides is 2. The van der Waals surface area contributed by atoms with Gasteiger partial charge in [-0.05, 0) is 62.2 Å². The highest BCUT2D eigenvalue weighted by Crippen LogP contribution is 2.34. The molecule has 0 aliphatic carbocycles. The number of nitrogens with one attached hydrogen (secondary N) is 1. The van der Waals surface area contributed by atoms with Crippen molar-refractivity contribution >= 4 is 43.5 Å². The fraction of sp³-hybridized carbons (Fsp3) is 0.355. The number of hydrogen-bond acceptors (Lipinski definition) is 6. The molecule has 42 heavy (non-hydrogen) atoms. The number of benzene rings is 3. The fourth-order valence-electron chi connectivity index (χ4n) is 4.30. The molecule has 0 radical (unpaired) electrons. The third kappa shape index (κ3) is 8.25. The van der Waals surface area contributed by atoms with Crippen LogP contribution in [0.5, 0.6) is 11.5 Å². The van der Waals surface area contributed by atoms with E-state index in [1.54, 1.807) is 31.2 Å². The van der Waals surface area contributed by atoms with Crippen LogP contribution >= 0.6 is 15.9 Å². The minimum absolute atomic E-state index is 0.0274. The molecular formula is C31H38BrN3O6S. The SMILES string of the molecule is CCCCNC(=O)[C@@H](C)N(Cc1cccc(Br)c1)C(=O)CN(c1ccc(OC)c(OC)c1)S(=O)(=O)c1ccc(C)cc1. The molecule has 0 aliphatic heterocycles. The Morgan fingerprint density at radius 3 is 2.29 bits per heavy atom. The van der Waals surface area contributed by atoms with Gasteiger partial charge in [0.1, 0.15) is 12.6 Å². The second kappa shape index (κ2) is 15.1. The van der Waals surface area contributed by atoms with E-state index in [1.165, 1.54) is 37.3 Å². The summed E-state index contributed by atoms with van der Waals surface area (Å²) in [6, 6.07) is 17.6. The standard InChI is InChI=1S/C31H38BrN3O6S/c1-6-7-17-33-31(37)23(3)34(20-24-9-8-10-25(32)18-24)30(36)21-35(26-13-16-28(40-4)29(19-26)41-5)42(38,39)27-14-11-22(2)12-15-27/h8-16,18-19,23H,6-7,17,20-21H2,1-5H3,(H,33,37)/t23-/m1/s1. The summed E-state index contributed by atoms with van der Waals surface area (Å²) in [6.45, 7) is 5.57. The third-order valence-corrected chi connectivity index (χ3v) is 9.06. The van der Waals surface area contributed by atoms with E-state index in [9.17, 15) is 18.0 Å². The van der Waals surface area contributed by atoms with Gasteiger partial charge < -0.3 is 19.7 Å². The largest absolute Gasteiger partial charge is 0.493 e. The zero-order valence-electron chi connectivity index (χ0n) is 24.6. The normalized spacial score (nSPS) is 11.9. The van der Waals surface area contributed by atoms with Gasteiger partial charge in [0.25, 0.3) is 10.0 Å². The van der Waals surface area contributed by atoms with Gasteiger partial charge in [-0.15, -0.1) is 0 Å². The third-order valence-electron chi connectivity index (χ3n) is 6.78. The van der Waals surface area contributed by atoms with Crippen LogP contribution in [0.15, 0.2) is 76.1 Å². The lowest BCUT2D eigenvalue weighted by atomic mass is 10.1. The van der Waals surface area contributed by atoms with Crippen LogP contribution in [0.3, 0.4) is 0 Å². The van der Waals surface area contributed by atoms with E-state index in [4.69, 9.17) is 9.47 Å². The van der Waals surface area contributed by atoms with Gasteiger partial charge in [-0.3, -0.25) is 13.9 Å². The zero-order chi connectivity index (χ0) is 30.9. The molecule has 3 rings (SSSR count). The quantitative estimate of drug-likeness (QED) is 0.235. The molecule has 3 aromatic rings. The predicted molar refractivity (Wildman–Crippen MR) is 167 cm³/mol. The lowest BCUT2D eigenvalue weighted by Gasteiger charge is -2.32. The summed E-state index contributed by atoms with van der Waals surface area (Å²) in [5.74, 6) is -0.139. The average molecular weight is 661 g/mol. The number of methoxy groups -OCH3 is 2. The summed E-state index contributed by atoms with van der Waals surface area (Å²) in [7, 11) is -1.28. The number of sulfonamides is 1. The lowest BCUT2D eigenvalue weighted by molar-refractivity contribution is -0.139. The number of aryl methyl sites for hydroxylation is 1. The maximum Gasteiger partial charge on any atom is 0.264 e. The van der Waals surface area contributed by atoms with E-state index in [-0.39, 0.29) is 23.0 Å². The van der Waals surface area contributed by atoms with Crippen molar-refractivity contribution < 1.29 is 27.5 Å². The summed E-state index contributed by atoms with van der Waals surface area (Å²) in [5.41, 5.74) is 1.89. The Kier molecular flexibility index (Phi) is 11.8. The molecule has 0 saturated carbocycles. The number of halogens is 1. The number of anilines is 1. The zero-order valence-corrected chi connectivity index (χ0v) is 27.0. The number of ether oxygens (including phenoxy) is 2. The van der Waals surface area contributed by atoms with Crippen LogP contribution in [0.1, 0.15) is 37.8 Å². The van der Waals surface area contributed by atoms with Crippen molar-refractivity contribution in [2.75, 3.05) is 31.6 Å². The molecule has 2 amide bonds. The van der Waals surface area contributed by atoms with Crippen LogP contribution in [0, 0.1) is 6.92 Å². The molecule has 0 fully saturated rings. The van der Waals surface area contributed by atoms with E-state index in [1.807, 2.05) is 38.1 Å². The maximum atomic E-state index is 14.1. The lowest BCUT2D eigenvalue weighted by Crippen LogP contribution is -2.51. The van der Waals surface area contributed by atoms with E-state index >= 15 is 0 Å². The summed E-state index contributed by atoms with van der Waals surface area (Å²) < 4.78 is 40.7. The number of carbonyl (C=O) groups is 2. The van der Waals surface area contributed by atoms with Crippen molar-refractivity contribution in [2.45, 2.75) is 51.1 Å². The van der Waals surface area contributed by atoms with Gasteiger partial charge in [-0.1, -0.05) is 59.1 Å². The molecular weight excluding hydrogens is 622 g/mol. The van der Waals surface area contributed by atoms with Crippen molar-refractivity contribution in [1.29, 1.82) is 0 Å². The van der Waals surface area contributed by atoms with Gasteiger partial charge in [0.2, 0.25) is 11.8 Å². The first-order valence-corrected chi connectivity index (χ1v) is 15.9. The Hall–Kier alpha value is -3.57. The van der Waals surface area contributed by atoms with Crippen LogP contribution < -0.4 is 19.1 Å². The molecule has 9 nitrogen and oxygen atoms in total. The minimum Gasteiger partial charge on any atom is -0.493 e. The molecule has 1 N–H and O–H groups in total. The van der Waals surface area contributed by atoms with Crippen LogP contribution in [0.4, 0.5) is 5.69 Å². The molecule has 3 aromatic carbocycles. The van der Waals surface area contributed by atoms with Crippen LogP contribution in [0.25, 0.3) is 0 Å². The first kappa shape index (κ1) is 32.9.